The lowest BCUT2D eigenvalue weighted by atomic mass is 9.99. The molecule has 2 aromatic heterocycles. The van der Waals surface area contributed by atoms with Crippen LogP contribution in [0.3, 0.4) is 0 Å². The number of nitro groups is 1. The van der Waals surface area contributed by atoms with Crippen LogP contribution in [0.25, 0.3) is 5.82 Å². The fourth-order valence-electron chi connectivity index (χ4n) is 2.85. The Morgan fingerprint density at radius 3 is 2.75 bits per heavy atom. The van der Waals surface area contributed by atoms with Crippen LogP contribution in [0.2, 0.25) is 5.02 Å². The Morgan fingerprint density at radius 1 is 1.25 bits per heavy atom. The molecule has 1 fully saturated rings. The zero-order chi connectivity index (χ0) is 19.7. The summed E-state index contributed by atoms with van der Waals surface area (Å²) in [7, 11) is 0. The van der Waals surface area contributed by atoms with Crippen molar-refractivity contribution in [2.75, 3.05) is 23.3 Å². The van der Waals surface area contributed by atoms with Gasteiger partial charge in [-0.15, -0.1) is 0 Å². The monoisotopic (exact) mass is 399 g/mol. The maximum absolute atomic E-state index is 12.4. The number of hydrogen-bond donors (Lipinski definition) is 1. The van der Waals surface area contributed by atoms with Gasteiger partial charge in [0.05, 0.1) is 10.8 Å². The summed E-state index contributed by atoms with van der Waals surface area (Å²) < 4.78 is 1.63. The predicted octanol–water partition coefficient (Wildman–Crippen LogP) is 2.30. The number of halogens is 1. The lowest BCUT2D eigenvalue weighted by Gasteiger charge is -2.39. The minimum absolute atomic E-state index is 0.0227. The average molecular weight is 400 g/mol. The third-order valence-electron chi connectivity index (χ3n) is 4.36. The van der Waals surface area contributed by atoms with Crippen LogP contribution < -0.4 is 10.2 Å². The van der Waals surface area contributed by atoms with Crippen molar-refractivity contribution in [3.05, 3.63) is 64.2 Å². The summed E-state index contributed by atoms with van der Waals surface area (Å²) in [6.07, 6.45) is 4.89. The molecule has 0 spiro atoms. The first-order chi connectivity index (χ1) is 13.5. The molecule has 0 bridgehead atoms. The number of carbonyl (C=O) groups excluding carboxylic acids is 1. The lowest BCUT2D eigenvalue weighted by Crippen LogP contribution is -2.52. The molecule has 1 aliphatic heterocycles. The van der Waals surface area contributed by atoms with Crippen molar-refractivity contribution >= 4 is 34.7 Å². The summed E-state index contributed by atoms with van der Waals surface area (Å²) in [5.41, 5.74) is 0.0874. The number of nitrogens with one attached hydrogen (secondary N) is 1. The lowest BCUT2D eigenvalue weighted by molar-refractivity contribution is -0.384. The highest BCUT2D eigenvalue weighted by atomic mass is 35.5. The van der Waals surface area contributed by atoms with Crippen molar-refractivity contribution in [3.63, 3.8) is 0 Å². The maximum Gasteiger partial charge on any atom is 0.289 e. The molecule has 0 atom stereocenters. The van der Waals surface area contributed by atoms with Crippen molar-refractivity contribution in [3.8, 4) is 5.82 Å². The molecule has 1 saturated heterocycles. The van der Waals surface area contributed by atoms with Crippen LogP contribution in [0.15, 0.2) is 49.1 Å². The number of anilines is 2. The Kier molecular flexibility index (Phi) is 4.62. The molecule has 1 aliphatic rings. The van der Waals surface area contributed by atoms with Crippen LogP contribution >= 0.6 is 11.6 Å². The first-order valence-corrected chi connectivity index (χ1v) is 8.71. The van der Waals surface area contributed by atoms with Gasteiger partial charge in [0.15, 0.2) is 5.82 Å². The second kappa shape index (κ2) is 7.24. The third kappa shape index (κ3) is 3.49. The number of benzene rings is 1. The van der Waals surface area contributed by atoms with Gasteiger partial charge >= 0.3 is 0 Å². The number of carbonyl (C=O) groups is 1. The molecular weight excluding hydrogens is 386 g/mol. The van der Waals surface area contributed by atoms with Gasteiger partial charge in [0.25, 0.3) is 5.69 Å². The van der Waals surface area contributed by atoms with Gasteiger partial charge in [-0.1, -0.05) is 11.6 Å². The Morgan fingerprint density at radius 2 is 2.04 bits per heavy atom. The van der Waals surface area contributed by atoms with Crippen LogP contribution in [-0.2, 0) is 4.79 Å². The summed E-state index contributed by atoms with van der Waals surface area (Å²) in [5.74, 6) is 0.870. The molecule has 1 N–H and O–H groups in total. The van der Waals surface area contributed by atoms with E-state index >= 15 is 0 Å². The quantitative estimate of drug-likeness (QED) is 0.516. The number of nitro benzene ring substituents is 1. The zero-order valence-corrected chi connectivity index (χ0v) is 15.2. The number of hydrogen-bond acceptors (Lipinski definition) is 7. The molecule has 0 aliphatic carbocycles. The van der Waals surface area contributed by atoms with E-state index in [0.717, 1.165) is 0 Å². The van der Waals surface area contributed by atoms with Gasteiger partial charge in [-0.3, -0.25) is 14.9 Å². The number of aromatic nitrogens is 4. The normalized spacial score (nSPS) is 13.8. The maximum atomic E-state index is 12.4. The molecule has 11 heteroatoms. The van der Waals surface area contributed by atoms with E-state index in [1.807, 2.05) is 4.90 Å². The molecule has 0 saturated carbocycles. The third-order valence-corrected chi connectivity index (χ3v) is 4.68. The molecule has 142 valence electrons. The van der Waals surface area contributed by atoms with E-state index in [-0.39, 0.29) is 22.5 Å². The molecule has 10 nitrogen and oxygen atoms in total. The van der Waals surface area contributed by atoms with Gasteiger partial charge in [-0.2, -0.15) is 5.10 Å². The van der Waals surface area contributed by atoms with Gasteiger partial charge in [-0.05, 0) is 18.2 Å². The molecule has 4 rings (SSSR count). The number of rotatable bonds is 5. The van der Waals surface area contributed by atoms with Crippen molar-refractivity contribution < 1.29 is 9.72 Å². The van der Waals surface area contributed by atoms with E-state index in [0.29, 0.717) is 30.4 Å². The van der Waals surface area contributed by atoms with Crippen molar-refractivity contribution in [1.82, 2.24) is 19.7 Å². The van der Waals surface area contributed by atoms with Crippen molar-refractivity contribution in [2.24, 2.45) is 5.92 Å². The Bertz CT molecular complexity index is 1030. The SMILES string of the molecule is O=C(Nc1ccc(Cl)c([N+](=O)[O-])c1)C1CN(c2cc(-n3cccn3)ncn2)C1. The standard InChI is InChI=1S/C17H14ClN7O3/c18-13-3-2-12(6-14(13)25(27)28)22-17(26)11-8-23(9-11)15-7-16(20-10-19-15)24-5-1-4-21-24/h1-7,10-11H,8-9H2,(H,22,26). The number of nitrogens with zero attached hydrogens (tertiary/aromatic N) is 6. The van der Waals surface area contributed by atoms with E-state index in [1.165, 1.54) is 24.5 Å². The average Bonchev–Trinajstić information content (AvgIpc) is 3.17. The van der Waals surface area contributed by atoms with Gasteiger partial charge in [0.1, 0.15) is 17.2 Å². The van der Waals surface area contributed by atoms with Crippen LogP contribution in [0.4, 0.5) is 17.2 Å². The second-order valence-electron chi connectivity index (χ2n) is 6.20. The van der Waals surface area contributed by atoms with Crippen LogP contribution in [0.5, 0.6) is 0 Å². The largest absolute Gasteiger partial charge is 0.355 e. The van der Waals surface area contributed by atoms with Gasteiger partial charge in [0.2, 0.25) is 5.91 Å². The minimum atomic E-state index is -0.588. The highest BCUT2D eigenvalue weighted by Crippen LogP contribution is 2.29. The summed E-state index contributed by atoms with van der Waals surface area (Å²) >= 11 is 5.79. The second-order valence-corrected chi connectivity index (χ2v) is 6.61. The van der Waals surface area contributed by atoms with Crippen LogP contribution in [-0.4, -0.2) is 43.7 Å². The molecule has 28 heavy (non-hydrogen) atoms. The van der Waals surface area contributed by atoms with Crippen molar-refractivity contribution in [1.29, 1.82) is 0 Å². The highest BCUT2D eigenvalue weighted by molar-refractivity contribution is 6.32. The van der Waals surface area contributed by atoms with E-state index in [9.17, 15) is 14.9 Å². The van der Waals surface area contributed by atoms with E-state index in [2.05, 4.69) is 20.4 Å². The van der Waals surface area contributed by atoms with E-state index in [1.54, 1.807) is 29.2 Å². The predicted molar refractivity (Wildman–Crippen MR) is 102 cm³/mol. The smallest absolute Gasteiger partial charge is 0.289 e. The molecule has 3 heterocycles. The molecule has 3 aromatic rings. The van der Waals surface area contributed by atoms with Crippen molar-refractivity contribution in [2.45, 2.75) is 0 Å². The summed E-state index contributed by atoms with van der Waals surface area (Å²) in [5, 5.41) is 17.8. The Labute approximate surface area is 163 Å². The molecule has 1 amide bonds. The summed E-state index contributed by atoms with van der Waals surface area (Å²) in [4.78, 5) is 33.1. The molecular formula is C17H14ClN7O3. The van der Waals surface area contributed by atoms with Gasteiger partial charge in [-0.25, -0.2) is 14.6 Å². The minimum Gasteiger partial charge on any atom is -0.355 e. The fourth-order valence-corrected chi connectivity index (χ4v) is 3.03. The number of amides is 1. The Hall–Kier alpha value is -3.53. The topological polar surface area (TPSA) is 119 Å². The first kappa shape index (κ1) is 17.9. The van der Waals surface area contributed by atoms with E-state index < -0.39 is 4.92 Å². The Balaban J connectivity index is 1.39. The molecule has 0 unspecified atom stereocenters. The zero-order valence-electron chi connectivity index (χ0n) is 14.4. The van der Waals surface area contributed by atoms with Crippen LogP contribution in [0.1, 0.15) is 0 Å². The van der Waals surface area contributed by atoms with Gasteiger partial charge in [0, 0.05) is 43.3 Å². The summed E-state index contributed by atoms with van der Waals surface area (Å²) in [6, 6.07) is 7.76. The summed E-state index contributed by atoms with van der Waals surface area (Å²) in [6.45, 7) is 0.966. The first-order valence-electron chi connectivity index (χ1n) is 8.33. The van der Waals surface area contributed by atoms with E-state index in [4.69, 9.17) is 11.6 Å². The van der Waals surface area contributed by atoms with Gasteiger partial charge < -0.3 is 10.2 Å². The molecule has 1 aromatic carbocycles. The highest BCUT2D eigenvalue weighted by Gasteiger charge is 2.34. The molecule has 0 radical (unpaired) electrons. The van der Waals surface area contributed by atoms with Crippen LogP contribution in [0, 0.1) is 16.0 Å². The fraction of sp³-hybridized carbons (Fsp3) is 0.176.